The Labute approximate surface area is 105 Å². The Bertz CT molecular complexity index is 552. The van der Waals surface area contributed by atoms with E-state index in [0.717, 1.165) is 6.07 Å². The summed E-state index contributed by atoms with van der Waals surface area (Å²) in [6, 6.07) is 5.29. The van der Waals surface area contributed by atoms with E-state index in [1.165, 1.54) is 12.1 Å². The van der Waals surface area contributed by atoms with Gasteiger partial charge in [-0.3, -0.25) is 4.72 Å². The van der Waals surface area contributed by atoms with Gasteiger partial charge in [-0.2, -0.15) is 5.26 Å². The number of benzene rings is 1. The highest BCUT2D eigenvalue weighted by molar-refractivity contribution is 7.92. The number of hydrogen-bond acceptors (Lipinski definition) is 4. The molecule has 5 nitrogen and oxygen atoms in total. The van der Waals surface area contributed by atoms with Crippen LogP contribution in [0.5, 0.6) is 0 Å². The minimum absolute atomic E-state index is 0.0454. The second kappa shape index (κ2) is 6.33. The Morgan fingerprint density at radius 3 is 2.78 bits per heavy atom. The van der Waals surface area contributed by atoms with Gasteiger partial charge in [-0.1, -0.05) is 0 Å². The van der Waals surface area contributed by atoms with Crippen LogP contribution in [0.15, 0.2) is 18.2 Å². The minimum atomic E-state index is -3.65. The summed E-state index contributed by atoms with van der Waals surface area (Å²) in [5.74, 6) is -1.03. The number of hydrogen-bond donors (Lipinski definition) is 1. The smallest absolute Gasteiger partial charge is 0.235 e. The van der Waals surface area contributed by atoms with Crippen LogP contribution in [0, 0.1) is 17.1 Å². The number of anilines is 1. The standard InChI is InChI=1S/C11H13FN2O3S/c1-2-17-5-6-18(15,16)14-11-4-3-9(8-13)7-10(11)12/h3-4,7,14H,2,5-6H2,1H3. The van der Waals surface area contributed by atoms with Gasteiger partial charge in [0.15, 0.2) is 0 Å². The van der Waals surface area contributed by atoms with Crippen molar-refractivity contribution in [2.24, 2.45) is 0 Å². The summed E-state index contributed by atoms with van der Waals surface area (Å²) in [5.41, 5.74) is -0.0461. The quantitative estimate of drug-likeness (QED) is 0.795. The molecule has 0 saturated heterocycles. The zero-order valence-corrected chi connectivity index (χ0v) is 10.6. The van der Waals surface area contributed by atoms with Crippen LogP contribution in [-0.4, -0.2) is 27.4 Å². The van der Waals surface area contributed by atoms with Crippen molar-refractivity contribution in [1.29, 1.82) is 5.26 Å². The molecule has 0 aromatic heterocycles. The Morgan fingerprint density at radius 1 is 1.50 bits per heavy atom. The zero-order chi connectivity index (χ0) is 13.6. The van der Waals surface area contributed by atoms with Gasteiger partial charge < -0.3 is 4.74 Å². The van der Waals surface area contributed by atoms with Crippen molar-refractivity contribution < 1.29 is 17.5 Å². The van der Waals surface area contributed by atoms with Gasteiger partial charge in [-0.25, -0.2) is 12.8 Å². The lowest BCUT2D eigenvalue weighted by Crippen LogP contribution is -2.20. The molecule has 0 aliphatic heterocycles. The molecule has 1 aromatic rings. The van der Waals surface area contributed by atoms with Gasteiger partial charge in [-0.15, -0.1) is 0 Å². The SMILES string of the molecule is CCOCCS(=O)(=O)Nc1ccc(C#N)cc1F. The summed E-state index contributed by atoms with van der Waals surface area (Å²) in [6.45, 7) is 2.21. The van der Waals surface area contributed by atoms with E-state index in [9.17, 15) is 12.8 Å². The molecule has 0 aliphatic rings. The maximum Gasteiger partial charge on any atom is 0.235 e. The van der Waals surface area contributed by atoms with Gasteiger partial charge >= 0.3 is 0 Å². The number of nitriles is 1. The van der Waals surface area contributed by atoms with Crippen LogP contribution in [0.4, 0.5) is 10.1 Å². The average Bonchev–Trinajstić information content (AvgIpc) is 2.31. The fraction of sp³-hybridized carbons (Fsp3) is 0.364. The van der Waals surface area contributed by atoms with Crippen LogP contribution in [0.2, 0.25) is 0 Å². The van der Waals surface area contributed by atoms with Gasteiger partial charge in [0.05, 0.1) is 29.7 Å². The van der Waals surface area contributed by atoms with Gasteiger partial charge in [0.25, 0.3) is 0 Å². The number of ether oxygens (including phenoxy) is 1. The third-order valence-electron chi connectivity index (χ3n) is 2.06. The highest BCUT2D eigenvalue weighted by Crippen LogP contribution is 2.16. The van der Waals surface area contributed by atoms with E-state index in [4.69, 9.17) is 10.00 Å². The molecule has 18 heavy (non-hydrogen) atoms. The first-order valence-corrected chi connectivity index (χ1v) is 6.91. The number of halogens is 1. The lowest BCUT2D eigenvalue weighted by Gasteiger charge is -2.08. The lowest BCUT2D eigenvalue weighted by atomic mass is 10.2. The molecule has 0 radical (unpaired) electrons. The molecule has 0 heterocycles. The van der Waals surface area contributed by atoms with Crippen LogP contribution < -0.4 is 4.72 Å². The molecule has 0 atom stereocenters. The first kappa shape index (κ1) is 14.4. The summed E-state index contributed by atoms with van der Waals surface area (Å²) in [5, 5.41) is 8.56. The van der Waals surface area contributed by atoms with Crippen LogP contribution in [0.25, 0.3) is 0 Å². The van der Waals surface area contributed by atoms with E-state index in [1.807, 2.05) is 0 Å². The van der Waals surface area contributed by atoms with Gasteiger partial charge in [0, 0.05) is 6.61 Å². The fourth-order valence-electron chi connectivity index (χ4n) is 1.20. The molecule has 0 spiro atoms. The highest BCUT2D eigenvalue weighted by atomic mass is 32.2. The van der Waals surface area contributed by atoms with Crippen LogP contribution in [0.3, 0.4) is 0 Å². The van der Waals surface area contributed by atoms with E-state index < -0.39 is 15.8 Å². The number of rotatable bonds is 6. The van der Waals surface area contributed by atoms with E-state index in [1.54, 1.807) is 13.0 Å². The topological polar surface area (TPSA) is 79.2 Å². The maximum absolute atomic E-state index is 13.4. The zero-order valence-electron chi connectivity index (χ0n) is 9.81. The van der Waals surface area contributed by atoms with Gasteiger partial charge in [0.1, 0.15) is 5.82 Å². The van der Waals surface area contributed by atoms with Crippen LogP contribution in [-0.2, 0) is 14.8 Å². The Balaban J connectivity index is 2.75. The predicted molar refractivity (Wildman–Crippen MR) is 65.0 cm³/mol. The highest BCUT2D eigenvalue weighted by Gasteiger charge is 2.13. The number of nitrogens with zero attached hydrogens (tertiary/aromatic N) is 1. The average molecular weight is 272 g/mol. The Hall–Kier alpha value is -1.65. The van der Waals surface area contributed by atoms with Crippen molar-refractivity contribution in [3.05, 3.63) is 29.6 Å². The summed E-state index contributed by atoms with van der Waals surface area (Å²) in [4.78, 5) is 0. The molecule has 1 rings (SSSR count). The minimum Gasteiger partial charge on any atom is -0.381 e. The Kier molecular flexibility index (Phi) is 5.07. The van der Waals surface area contributed by atoms with Gasteiger partial charge in [-0.05, 0) is 25.1 Å². The van der Waals surface area contributed by atoms with E-state index >= 15 is 0 Å². The molecule has 98 valence electrons. The summed E-state index contributed by atoms with van der Waals surface area (Å²) in [6.07, 6.45) is 0. The maximum atomic E-state index is 13.4. The monoisotopic (exact) mass is 272 g/mol. The van der Waals surface area contributed by atoms with Gasteiger partial charge in [0.2, 0.25) is 10.0 Å². The molecule has 0 fully saturated rings. The summed E-state index contributed by atoms with van der Waals surface area (Å²) in [7, 11) is -3.65. The van der Waals surface area contributed by atoms with Crippen molar-refractivity contribution in [1.82, 2.24) is 0 Å². The third-order valence-corrected chi connectivity index (χ3v) is 3.30. The molecule has 0 bridgehead atoms. The lowest BCUT2D eigenvalue weighted by molar-refractivity contribution is 0.163. The van der Waals surface area contributed by atoms with E-state index in [2.05, 4.69) is 4.72 Å². The van der Waals surface area contributed by atoms with Crippen molar-refractivity contribution >= 4 is 15.7 Å². The third kappa shape index (κ3) is 4.31. The molecule has 0 unspecified atom stereocenters. The second-order valence-electron chi connectivity index (χ2n) is 3.42. The second-order valence-corrected chi connectivity index (χ2v) is 5.27. The summed E-state index contributed by atoms with van der Waals surface area (Å²) >= 11 is 0. The normalized spacial score (nSPS) is 10.9. The van der Waals surface area contributed by atoms with Crippen molar-refractivity contribution in [3.8, 4) is 6.07 Å². The van der Waals surface area contributed by atoms with Crippen molar-refractivity contribution in [2.75, 3.05) is 23.7 Å². The predicted octanol–water partition coefficient (Wildman–Crippen LogP) is 1.48. The van der Waals surface area contributed by atoms with E-state index in [0.29, 0.717) is 6.61 Å². The fourth-order valence-corrected chi connectivity index (χ4v) is 2.14. The Morgan fingerprint density at radius 2 is 2.22 bits per heavy atom. The number of nitrogens with one attached hydrogen (secondary N) is 1. The van der Waals surface area contributed by atoms with Crippen molar-refractivity contribution in [2.45, 2.75) is 6.92 Å². The number of sulfonamides is 1. The van der Waals surface area contributed by atoms with Crippen LogP contribution >= 0.6 is 0 Å². The molecule has 1 aromatic carbocycles. The molecule has 0 amide bonds. The molecular formula is C11H13FN2O3S. The molecule has 0 aliphatic carbocycles. The summed E-state index contributed by atoms with van der Waals surface area (Å²) < 4.78 is 43.6. The first-order valence-electron chi connectivity index (χ1n) is 5.26. The molecular weight excluding hydrogens is 259 g/mol. The van der Waals surface area contributed by atoms with E-state index in [-0.39, 0.29) is 23.6 Å². The molecule has 1 N–H and O–H groups in total. The molecule has 7 heteroatoms. The first-order chi connectivity index (χ1) is 8.48. The van der Waals surface area contributed by atoms with Crippen LogP contribution in [0.1, 0.15) is 12.5 Å². The largest absolute Gasteiger partial charge is 0.381 e. The van der Waals surface area contributed by atoms with Crippen molar-refractivity contribution in [3.63, 3.8) is 0 Å². The molecule has 0 saturated carbocycles.